The molecule has 0 amide bonds. The highest BCUT2D eigenvalue weighted by Gasteiger charge is 2.15. The van der Waals surface area contributed by atoms with Crippen LogP contribution in [0.4, 0.5) is 4.39 Å². The highest BCUT2D eigenvalue weighted by molar-refractivity contribution is 9.10. The molecule has 2 aromatic rings. The van der Waals surface area contributed by atoms with Gasteiger partial charge < -0.3 is 10.5 Å². The molecule has 0 spiro atoms. The molecular weight excluding hydrogens is 337 g/mol. The van der Waals surface area contributed by atoms with E-state index in [1.165, 1.54) is 12.1 Å². The molecule has 1 aromatic heterocycles. The predicted octanol–water partition coefficient (Wildman–Crippen LogP) is 3.48. The molecule has 4 nitrogen and oxygen atoms in total. The zero-order valence-electron chi connectivity index (χ0n) is 12.4. The van der Waals surface area contributed by atoms with E-state index in [9.17, 15) is 4.39 Å². The summed E-state index contributed by atoms with van der Waals surface area (Å²) in [5.41, 5.74) is 8.45. The van der Waals surface area contributed by atoms with Crippen molar-refractivity contribution in [3.63, 3.8) is 0 Å². The molecule has 0 radical (unpaired) electrons. The average Bonchev–Trinajstić information content (AvgIpc) is 2.72. The molecule has 0 saturated carbocycles. The molecule has 6 heteroatoms. The standard InChI is InChI=1S/C15H19BrFN3O/c1-4-12-15(16)13(20(3)19-12)8-21-14-6-5-10(17)7-11(14)9(2)18/h5-7,9H,4,8,18H2,1-3H3/t9-/m0/s1. The van der Waals surface area contributed by atoms with Gasteiger partial charge in [0.1, 0.15) is 18.2 Å². The van der Waals surface area contributed by atoms with Gasteiger partial charge in [0, 0.05) is 18.7 Å². The fourth-order valence-electron chi connectivity index (χ4n) is 2.13. The number of nitrogens with zero attached hydrogens (tertiary/aromatic N) is 2. The second-order valence-corrected chi connectivity index (χ2v) is 5.74. The van der Waals surface area contributed by atoms with E-state index in [0.717, 1.165) is 22.3 Å². The third-order valence-electron chi connectivity index (χ3n) is 3.33. The molecule has 0 saturated heterocycles. The van der Waals surface area contributed by atoms with Crippen molar-refractivity contribution < 1.29 is 9.13 Å². The molecule has 21 heavy (non-hydrogen) atoms. The van der Waals surface area contributed by atoms with Gasteiger partial charge in [-0.1, -0.05) is 6.92 Å². The highest BCUT2D eigenvalue weighted by atomic mass is 79.9. The molecule has 114 valence electrons. The SMILES string of the molecule is CCc1nn(C)c(COc2ccc(F)cc2[C@H](C)N)c1Br. The van der Waals surface area contributed by atoms with E-state index in [0.29, 0.717) is 17.9 Å². The summed E-state index contributed by atoms with van der Waals surface area (Å²) in [6.07, 6.45) is 0.843. The van der Waals surface area contributed by atoms with E-state index < -0.39 is 0 Å². The molecule has 0 fully saturated rings. The number of benzene rings is 1. The molecule has 0 bridgehead atoms. The Kier molecular flexibility index (Phi) is 5.00. The Bertz CT molecular complexity index is 640. The number of aryl methyl sites for hydroxylation is 2. The van der Waals surface area contributed by atoms with Gasteiger partial charge in [-0.05, 0) is 47.5 Å². The summed E-state index contributed by atoms with van der Waals surface area (Å²) in [6.45, 7) is 4.19. The molecule has 2 rings (SSSR count). The minimum absolute atomic E-state index is 0.295. The van der Waals surface area contributed by atoms with Gasteiger partial charge in [-0.15, -0.1) is 0 Å². The maximum atomic E-state index is 13.3. The van der Waals surface area contributed by atoms with Crippen LogP contribution in [0, 0.1) is 5.82 Å². The summed E-state index contributed by atoms with van der Waals surface area (Å²) in [4.78, 5) is 0. The topological polar surface area (TPSA) is 53.1 Å². The van der Waals surface area contributed by atoms with E-state index in [-0.39, 0.29) is 11.9 Å². The number of nitrogens with two attached hydrogens (primary N) is 1. The fourth-order valence-corrected chi connectivity index (χ4v) is 2.86. The molecule has 0 aliphatic rings. The molecule has 2 N–H and O–H groups in total. The van der Waals surface area contributed by atoms with Gasteiger partial charge in [0.2, 0.25) is 0 Å². The molecule has 1 heterocycles. The average molecular weight is 356 g/mol. The van der Waals surface area contributed by atoms with Gasteiger partial charge in [-0.2, -0.15) is 5.10 Å². The second-order valence-electron chi connectivity index (χ2n) is 4.94. The minimum Gasteiger partial charge on any atom is -0.487 e. The van der Waals surface area contributed by atoms with Crippen LogP contribution >= 0.6 is 15.9 Å². The molecular formula is C15H19BrFN3O. The number of aromatic nitrogens is 2. The second kappa shape index (κ2) is 6.58. The van der Waals surface area contributed by atoms with E-state index in [4.69, 9.17) is 10.5 Å². The Balaban J connectivity index is 2.23. The van der Waals surface area contributed by atoms with Crippen molar-refractivity contribution in [1.82, 2.24) is 9.78 Å². The van der Waals surface area contributed by atoms with Crippen LogP contribution in [-0.2, 0) is 20.1 Å². The molecule has 0 unspecified atom stereocenters. The molecule has 0 aliphatic carbocycles. The molecule has 1 aromatic carbocycles. The van der Waals surface area contributed by atoms with Gasteiger partial charge in [-0.25, -0.2) is 4.39 Å². The number of ether oxygens (including phenoxy) is 1. The molecule has 0 aliphatic heterocycles. The Hall–Kier alpha value is -1.40. The van der Waals surface area contributed by atoms with Crippen LogP contribution in [0.2, 0.25) is 0 Å². The Morgan fingerprint density at radius 3 is 2.76 bits per heavy atom. The van der Waals surface area contributed by atoms with E-state index in [2.05, 4.69) is 21.0 Å². The lowest BCUT2D eigenvalue weighted by molar-refractivity contribution is 0.289. The van der Waals surface area contributed by atoms with Crippen LogP contribution in [0.3, 0.4) is 0 Å². The number of rotatable bonds is 5. The van der Waals surface area contributed by atoms with Crippen molar-refractivity contribution in [2.24, 2.45) is 12.8 Å². The quantitative estimate of drug-likeness (QED) is 0.892. The van der Waals surface area contributed by atoms with Crippen molar-refractivity contribution in [2.75, 3.05) is 0 Å². The zero-order chi connectivity index (χ0) is 15.6. The van der Waals surface area contributed by atoms with Gasteiger partial charge >= 0.3 is 0 Å². The third-order valence-corrected chi connectivity index (χ3v) is 4.25. The number of halogens is 2. The van der Waals surface area contributed by atoms with E-state index in [1.807, 2.05) is 14.0 Å². The van der Waals surface area contributed by atoms with Crippen molar-refractivity contribution in [3.05, 3.63) is 45.4 Å². The monoisotopic (exact) mass is 355 g/mol. The van der Waals surface area contributed by atoms with E-state index in [1.54, 1.807) is 17.7 Å². The summed E-state index contributed by atoms with van der Waals surface area (Å²) >= 11 is 3.55. The minimum atomic E-state index is -0.315. The van der Waals surface area contributed by atoms with Crippen molar-refractivity contribution >= 4 is 15.9 Å². The fraction of sp³-hybridized carbons (Fsp3) is 0.400. The van der Waals surface area contributed by atoms with Gasteiger partial charge in [0.05, 0.1) is 15.9 Å². The third kappa shape index (κ3) is 3.44. The summed E-state index contributed by atoms with van der Waals surface area (Å²) in [6, 6.07) is 4.10. The van der Waals surface area contributed by atoms with Crippen LogP contribution in [0.1, 0.15) is 36.8 Å². The van der Waals surface area contributed by atoms with Crippen LogP contribution in [-0.4, -0.2) is 9.78 Å². The predicted molar refractivity (Wildman–Crippen MR) is 83.6 cm³/mol. The maximum Gasteiger partial charge on any atom is 0.131 e. The van der Waals surface area contributed by atoms with Crippen LogP contribution in [0.5, 0.6) is 5.75 Å². The first-order valence-electron chi connectivity index (χ1n) is 6.82. The lowest BCUT2D eigenvalue weighted by Crippen LogP contribution is -2.10. The summed E-state index contributed by atoms with van der Waals surface area (Å²) in [5, 5.41) is 4.42. The normalized spacial score (nSPS) is 12.5. The Morgan fingerprint density at radius 1 is 1.48 bits per heavy atom. The zero-order valence-corrected chi connectivity index (χ0v) is 13.9. The maximum absolute atomic E-state index is 13.3. The lowest BCUT2D eigenvalue weighted by atomic mass is 10.1. The lowest BCUT2D eigenvalue weighted by Gasteiger charge is -2.14. The van der Waals surface area contributed by atoms with Gasteiger partial charge in [0.15, 0.2) is 0 Å². The molecule has 1 atom stereocenters. The number of hydrogen-bond donors (Lipinski definition) is 1. The smallest absolute Gasteiger partial charge is 0.131 e. The summed E-state index contributed by atoms with van der Waals surface area (Å²) in [7, 11) is 1.87. The Morgan fingerprint density at radius 2 is 2.19 bits per heavy atom. The van der Waals surface area contributed by atoms with Crippen LogP contribution in [0.15, 0.2) is 22.7 Å². The first-order valence-corrected chi connectivity index (χ1v) is 7.61. The van der Waals surface area contributed by atoms with Gasteiger partial charge in [-0.3, -0.25) is 4.68 Å². The van der Waals surface area contributed by atoms with Crippen molar-refractivity contribution in [3.8, 4) is 5.75 Å². The van der Waals surface area contributed by atoms with Crippen LogP contribution in [0.25, 0.3) is 0 Å². The largest absolute Gasteiger partial charge is 0.487 e. The Labute approximate surface area is 132 Å². The first kappa shape index (κ1) is 16.0. The summed E-state index contributed by atoms with van der Waals surface area (Å²) < 4.78 is 21.9. The number of hydrogen-bond acceptors (Lipinski definition) is 3. The van der Waals surface area contributed by atoms with Crippen molar-refractivity contribution in [2.45, 2.75) is 32.9 Å². The van der Waals surface area contributed by atoms with Gasteiger partial charge in [0.25, 0.3) is 0 Å². The van der Waals surface area contributed by atoms with Crippen LogP contribution < -0.4 is 10.5 Å². The first-order chi connectivity index (χ1) is 9.93. The van der Waals surface area contributed by atoms with E-state index >= 15 is 0 Å². The van der Waals surface area contributed by atoms with Crippen molar-refractivity contribution in [1.29, 1.82) is 0 Å². The highest BCUT2D eigenvalue weighted by Crippen LogP contribution is 2.27. The summed E-state index contributed by atoms with van der Waals surface area (Å²) in [5.74, 6) is 0.280.